The fourth-order valence-electron chi connectivity index (χ4n) is 4.57. The highest BCUT2D eigenvalue weighted by Gasteiger charge is 2.43. The summed E-state index contributed by atoms with van der Waals surface area (Å²) in [7, 11) is 2.00. The molecule has 2 saturated heterocycles. The van der Waals surface area contributed by atoms with Crippen LogP contribution in [-0.2, 0) is 11.3 Å². The molecule has 0 atom stereocenters. The van der Waals surface area contributed by atoms with Gasteiger partial charge in [0.05, 0.1) is 5.57 Å². The molecule has 1 amide bonds. The van der Waals surface area contributed by atoms with Gasteiger partial charge in [-0.3, -0.25) is 4.79 Å². The molecule has 2 heterocycles. The first-order valence-corrected chi connectivity index (χ1v) is 11.2. The smallest absolute Gasteiger partial charge is 0.406 e. The van der Waals surface area contributed by atoms with E-state index in [1.807, 2.05) is 7.05 Å². The lowest BCUT2D eigenvalue weighted by atomic mass is 10.0. The molecule has 0 bridgehead atoms. The van der Waals surface area contributed by atoms with Crippen LogP contribution in [0.4, 0.5) is 26.3 Å². The minimum Gasteiger partial charge on any atom is -0.406 e. The Balaban J connectivity index is 1.58. The van der Waals surface area contributed by atoms with Gasteiger partial charge in [-0.2, -0.15) is 13.2 Å². The molecule has 1 aliphatic carbocycles. The Labute approximate surface area is 198 Å². The summed E-state index contributed by atoms with van der Waals surface area (Å²) in [6, 6.07) is 4.93. The molecule has 2 fully saturated rings. The van der Waals surface area contributed by atoms with Gasteiger partial charge < -0.3 is 19.4 Å². The lowest BCUT2D eigenvalue weighted by molar-refractivity contribution is -0.274. The average molecular weight is 501 g/mol. The summed E-state index contributed by atoms with van der Waals surface area (Å²) >= 11 is 0. The van der Waals surface area contributed by atoms with Gasteiger partial charge in [-0.25, -0.2) is 0 Å². The van der Waals surface area contributed by atoms with Gasteiger partial charge in [0.1, 0.15) is 5.75 Å². The van der Waals surface area contributed by atoms with E-state index in [1.54, 1.807) is 12.2 Å². The Hall–Kier alpha value is -2.95. The third-order valence-corrected chi connectivity index (χ3v) is 6.28. The Morgan fingerprint density at radius 1 is 0.971 bits per heavy atom. The number of likely N-dealkylation sites (N-methyl/N-ethyl adjacent to an activating group) is 1. The summed E-state index contributed by atoms with van der Waals surface area (Å²) < 4.78 is 82.8. The van der Waals surface area contributed by atoms with Gasteiger partial charge >= 0.3 is 12.5 Å². The molecule has 0 saturated carbocycles. The quantitative estimate of drug-likeness (QED) is 0.564. The number of hydrogen-bond donors (Lipinski definition) is 0. The van der Waals surface area contributed by atoms with E-state index < -0.39 is 36.2 Å². The zero-order valence-electron chi connectivity index (χ0n) is 19.0. The van der Waals surface area contributed by atoms with Crippen LogP contribution in [0.25, 0.3) is 0 Å². The van der Waals surface area contributed by atoms with E-state index in [-0.39, 0.29) is 18.7 Å². The second kappa shape index (κ2) is 9.60. The van der Waals surface area contributed by atoms with E-state index in [1.165, 1.54) is 17.0 Å². The summed E-state index contributed by atoms with van der Waals surface area (Å²) in [6.45, 7) is 3.01. The van der Waals surface area contributed by atoms with Gasteiger partial charge in [-0.15, -0.1) is 13.2 Å². The number of alkyl halides is 6. The molecule has 0 unspecified atom stereocenters. The van der Waals surface area contributed by atoms with Crippen molar-refractivity contribution in [1.29, 1.82) is 0 Å². The van der Waals surface area contributed by atoms with Crippen LogP contribution >= 0.6 is 0 Å². The Morgan fingerprint density at radius 3 is 2.34 bits per heavy atom. The van der Waals surface area contributed by atoms with E-state index in [4.69, 9.17) is 0 Å². The van der Waals surface area contributed by atoms with Gasteiger partial charge in [0.2, 0.25) is 0 Å². The largest absolute Gasteiger partial charge is 0.573 e. The number of hydrogen-bond acceptors (Lipinski definition) is 4. The first kappa shape index (κ1) is 25.2. The van der Waals surface area contributed by atoms with Crippen LogP contribution in [0, 0.1) is 0 Å². The van der Waals surface area contributed by atoms with Crippen molar-refractivity contribution in [2.24, 2.45) is 0 Å². The van der Waals surface area contributed by atoms with Crippen LogP contribution in [0.2, 0.25) is 0 Å². The maximum atomic E-state index is 13.9. The summed E-state index contributed by atoms with van der Waals surface area (Å²) in [5.74, 6) is -1.15. The van der Waals surface area contributed by atoms with Crippen molar-refractivity contribution in [2.75, 3.05) is 39.8 Å². The minimum absolute atomic E-state index is 0.0143. The maximum Gasteiger partial charge on any atom is 0.573 e. The minimum atomic E-state index is -4.83. The molecule has 2 aliphatic heterocycles. The number of amides is 1. The zero-order valence-corrected chi connectivity index (χ0v) is 19.0. The summed E-state index contributed by atoms with van der Waals surface area (Å²) in [6.07, 6.45) is -5.80. The predicted molar refractivity (Wildman–Crippen MR) is 116 cm³/mol. The number of allylic oxidation sites excluding steroid dienone is 3. The maximum absolute atomic E-state index is 13.9. The molecule has 0 spiro atoms. The van der Waals surface area contributed by atoms with Crippen molar-refractivity contribution in [3.05, 3.63) is 64.4 Å². The van der Waals surface area contributed by atoms with Gasteiger partial charge in [-0.05, 0) is 55.8 Å². The van der Waals surface area contributed by atoms with E-state index in [9.17, 15) is 31.1 Å². The number of likely N-dealkylation sites (tertiary alicyclic amines) is 1. The molecule has 11 heteroatoms. The Kier molecular flexibility index (Phi) is 6.90. The summed E-state index contributed by atoms with van der Waals surface area (Å²) in [4.78, 5) is 18.6. The third kappa shape index (κ3) is 6.01. The van der Waals surface area contributed by atoms with Crippen LogP contribution in [-0.4, -0.2) is 72.9 Å². The van der Waals surface area contributed by atoms with Crippen molar-refractivity contribution in [3.8, 4) is 5.75 Å². The van der Waals surface area contributed by atoms with Gasteiger partial charge in [0, 0.05) is 44.0 Å². The molecule has 0 aromatic heterocycles. The predicted octanol–water partition coefficient (Wildman–Crippen LogP) is 4.64. The highest BCUT2D eigenvalue weighted by molar-refractivity contribution is 6.02. The number of rotatable bonds is 4. The number of benzene rings is 1. The van der Waals surface area contributed by atoms with Crippen molar-refractivity contribution in [3.63, 3.8) is 0 Å². The van der Waals surface area contributed by atoms with Crippen molar-refractivity contribution >= 4 is 5.91 Å². The normalized spacial score (nSPS) is 20.4. The lowest BCUT2D eigenvalue weighted by Crippen LogP contribution is -2.28. The number of carbonyl (C=O) groups excluding carboxylic acids is 1. The molecule has 35 heavy (non-hydrogen) atoms. The van der Waals surface area contributed by atoms with Crippen molar-refractivity contribution in [2.45, 2.75) is 31.9 Å². The van der Waals surface area contributed by atoms with Gasteiger partial charge in [0.25, 0.3) is 5.91 Å². The van der Waals surface area contributed by atoms with E-state index in [0.29, 0.717) is 29.9 Å². The lowest BCUT2D eigenvalue weighted by Gasteiger charge is -2.24. The Morgan fingerprint density at radius 2 is 1.69 bits per heavy atom. The molecule has 0 radical (unpaired) electrons. The number of ether oxygens (including phenoxy) is 1. The first-order chi connectivity index (χ1) is 16.4. The average Bonchev–Trinajstić information content (AvgIpc) is 2.93. The fraction of sp³-hybridized carbons (Fsp3) is 0.458. The monoisotopic (exact) mass is 501 g/mol. The molecular weight excluding hydrogens is 476 g/mol. The van der Waals surface area contributed by atoms with E-state index >= 15 is 0 Å². The summed E-state index contributed by atoms with van der Waals surface area (Å²) in [5, 5.41) is 0. The molecule has 1 aromatic carbocycles. The number of fused-ring (bicyclic) bond motifs is 1. The number of nitrogens with zero attached hydrogens (tertiary/aromatic N) is 3. The van der Waals surface area contributed by atoms with Crippen LogP contribution in [0.3, 0.4) is 0 Å². The van der Waals surface area contributed by atoms with Crippen molar-refractivity contribution in [1.82, 2.24) is 14.7 Å². The molecule has 190 valence electrons. The number of carbonyl (C=O) groups is 1. The SMILES string of the molecule is CN1CCCN(C2=CCC(C(F)(F)F)=C3C(=O)N(Cc4ccc(OC(F)(F)F)cc4)CC3=C2)CC1. The van der Waals surface area contributed by atoms with Gasteiger partial charge in [-0.1, -0.05) is 18.2 Å². The zero-order chi connectivity index (χ0) is 25.4. The molecule has 1 aromatic rings. The topological polar surface area (TPSA) is 36.0 Å². The van der Waals surface area contributed by atoms with Crippen LogP contribution in [0.1, 0.15) is 18.4 Å². The van der Waals surface area contributed by atoms with Crippen LogP contribution < -0.4 is 4.74 Å². The van der Waals surface area contributed by atoms with E-state index in [0.717, 1.165) is 31.6 Å². The second-order valence-electron chi connectivity index (χ2n) is 8.85. The van der Waals surface area contributed by atoms with Crippen LogP contribution in [0.5, 0.6) is 5.75 Å². The summed E-state index contributed by atoms with van der Waals surface area (Å²) in [5.41, 5.74) is 0.265. The highest BCUT2D eigenvalue weighted by Crippen LogP contribution is 2.40. The van der Waals surface area contributed by atoms with Gasteiger partial charge in [0.15, 0.2) is 0 Å². The molecular formula is C24H25F6N3O2. The second-order valence-corrected chi connectivity index (χ2v) is 8.85. The number of halogens is 6. The first-order valence-electron chi connectivity index (χ1n) is 11.2. The molecule has 5 nitrogen and oxygen atoms in total. The standard InChI is InChI=1S/C24H25F6N3O2/c1-31-9-2-10-32(12-11-31)18-5-8-20(23(25,26)27)21-17(13-18)15-33(22(21)34)14-16-3-6-19(7-4-16)35-24(28,29)30/h3-7,13H,2,8-12,14-15H2,1H3. The third-order valence-electron chi connectivity index (χ3n) is 6.28. The molecule has 3 aliphatic rings. The highest BCUT2D eigenvalue weighted by atomic mass is 19.4. The van der Waals surface area contributed by atoms with Crippen molar-refractivity contribution < 1.29 is 35.9 Å². The Bertz CT molecular complexity index is 1060. The molecule has 0 N–H and O–H groups in total. The molecule has 4 rings (SSSR count). The fourth-order valence-corrected chi connectivity index (χ4v) is 4.57. The van der Waals surface area contributed by atoms with Crippen LogP contribution in [0.15, 0.2) is 58.8 Å². The van der Waals surface area contributed by atoms with E-state index in [2.05, 4.69) is 14.5 Å².